The van der Waals surface area contributed by atoms with Crippen molar-refractivity contribution >= 4 is 41.5 Å². The van der Waals surface area contributed by atoms with E-state index in [4.69, 9.17) is 36.1 Å². The lowest BCUT2D eigenvalue weighted by molar-refractivity contribution is -0.132. The first-order chi connectivity index (χ1) is 29.5. The van der Waals surface area contributed by atoms with Crippen molar-refractivity contribution in [3.63, 3.8) is 0 Å². The van der Waals surface area contributed by atoms with E-state index in [9.17, 15) is 33.9 Å². The summed E-state index contributed by atoms with van der Waals surface area (Å²) in [6.07, 6.45) is 1.98. The Kier molecular flexibility index (Phi) is 23.3. The number of fused-ring (bicyclic) bond motifs is 2. The van der Waals surface area contributed by atoms with E-state index in [0.29, 0.717) is 59.2 Å². The minimum atomic E-state index is -1.44. The number of carbonyl (C=O) groups excluding carboxylic acids is 5. The van der Waals surface area contributed by atoms with Crippen LogP contribution in [0, 0.1) is 0 Å². The summed E-state index contributed by atoms with van der Waals surface area (Å²) in [7, 11) is 0. The van der Waals surface area contributed by atoms with Crippen LogP contribution in [-0.4, -0.2) is 157 Å². The van der Waals surface area contributed by atoms with Crippen LogP contribution < -0.4 is 43.8 Å². The molecule has 1 aliphatic rings. The molecular formula is C38H61N12O11+. The van der Waals surface area contributed by atoms with E-state index in [1.807, 2.05) is 30.3 Å². The Labute approximate surface area is 353 Å². The van der Waals surface area contributed by atoms with Crippen LogP contribution in [0.2, 0.25) is 0 Å². The number of aromatic nitrogens is 3. The van der Waals surface area contributed by atoms with Gasteiger partial charge in [-0.1, -0.05) is 35.5 Å². The molecule has 1 aliphatic heterocycles. The second-order valence-corrected chi connectivity index (χ2v) is 13.8. The third kappa shape index (κ3) is 20.4. The van der Waals surface area contributed by atoms with Crippen LogP contribution in [0.5, 0.6) is 0 Å². The van der Waals surface area contributed by atoms with Gasteiger partial charge in [0.15, 0.2) is 5.96 Å². The Morgan fingerprint density at radius 2 is 1.51 bits per heavy atom. The molecule has 61 heavy (non-hydrogen) atoms. The number of guanidine groups is 1. The second kappa shape index (κ2) is 28.7. The number of aliphatic imine (C=N–C) groups is 1. The number of aliphatic carboxylic acids is 1. The van der Waals surface area contributed by atoms with Crippen molar-refractivity contribution in [1.29, 1.82) is 0 Å². The van der Waals surface area contributed by atoms with E-state index < -0.39 is 66.7 Å². The van der Waals surface area contributed by atoms with E-state index in [-0.39, 0.29) is 69.4 Å². The molecule has 1 aromatic heterocycles. The molecule has 0 radical (unpaired) electrons. The maximum absolute atomic E-state index is 14.0. The molecule has 0 saturated heterocycles. The summed E-state index contributed by atoms with van der Waals surface area (Å²) in [5.74, 6) is -4.40. The zero-order chi connectivity index (χ0) is 44.2. The van der Waals surface area contributed by atoms with E-state index in [2.05, 4.69) is 41.9 Å². The zero-order valence-corrected chi connectivity index (χ0v) is 34.3. The van der Waals surface area contributed by atoms with Gasteiger partial charge in [0.25, 0.3) is 0 Å². The third-order valence-electron chi connectivity index (χ3n) is 8.97. The summed E-state index contributed by atoms with van der Waals surface area (Å²) in [6, 6.07) is 4.66. The number of carboxylic acid groups (broad SMARTS) is 1. The van der Waals surface area contributed by atoms with Crippen LogP contribution in [0.4, 0.5) is 0 Å². The van der Waals surface area contributed by atoms with Crippen molar-refractivity contribution in [3.05, 3.63) is 47.8 Å². The van der Waals surface area contributed by atoms with Gasteiger partial charge in [0, 0.05) is 26.1 Å². The van der Waals surface area contributed by atoms with E-state index in [1.165, 1.54) is 10.9 Å². The van der Waals surface area contributed by atoms with Gasteiger partial charge in [0.2, 0.25) is 29.5 Å². The van der Waals surface area contributed by atoms with Crippen LogP contribution in [0.1, 0.15) is 61.9 Å². The number of hydrogen-bond donors (Lipinski definition) is 9. The molecular weight excluding hydrogens is 800 g/mol. The first kappa shape index (κ1) is 49.6. The molecule has 2 bridgehead atoms. The maximum atomic E-state index is 14.0. The standard InChI is InChI=1S/C38H60N12O11/c39-11-15-59-17-19-61-21-20-60-18-16-58-14-10-32(51)42-12-5-9-31-37(57)46-27(8-4-13-43-38(40)41)35(55)44-24-33(52)45-29(23-34(53)54)36(56)47-28(30-25-50(31)49-48-30)22-26-6-2-1-3-7-26/h1-3,6-7,25,27-29,31H,4-5,8-24,39H2,(H,42,51)(H,44,55)(H,45,52)(H,46,57)(H,47,56)(H,53,54)(H4,40,41,43)/p+1/t27-,28?,29?,31-/m0/s1. The number of nitrogens with zero attached hydrogens (tertiary/aromatic N) is 4. The second-order valence-electron chi connectivity index (χ2n) is 13.8. The van der Waals surface area contributed by atoms with Crippen molar-refractivity contribution in [3.8, 4) is 0 Å². The van der Waals surface area contributed by atoms with Gasteiger partial charge in [0.05, 0.1) is 71.6 Å². The molecule has 4 atom stereocenters. The average molecular weight is 862 g/mol. The highest BCUT2D eigenvalue weighted by Gasteiger charge is 2.32. The molecule has 2 unspecified atom stereocenters. The Hall–Kier alpha value is -5.75. The summed E-state index contributed by atoms with van der Waals surface area (Å²) in [4.78, 5) is 80.2. The number of amides is 5. The minimum Gasteiger partial charge on any atom is -0.379 e. The quantitative estimate of drug-likeness (QED) is 0.0199. The van der Waals surface area contributed by atoms with Gasteiger partial charge in [-0.25, -0.2) is 4.68 Å². The lowest BCUT2D eigenvalue weighted by Crippen LogP contribution is -2.53. The number of aliphatic hydroxyl groups excluding tert-OH is 1. The van der Waals surface area contributed by atoms with Gasteiger partial charge < -0.3 is 72.6 Å². The summed E-state index contributed by atoms with van der Waals surface area (Å²) in [5, 5.41) is 31.5. The van der Waals surface area contributed by atoms with Gasteiger partial charge in [-0.3, -0.25) is 29.0 Å². The van der Waals surface area contributed by atoms with Crippen LogP contribution in [0.15, 0.2) is 41.5 Å². The first-order valence-electron chi connectivity index (χ1n) is 20.2. The number of carbonyl (C=O) groups is 5. The smallest absolute Gasteiger partial charge is 0.379 e. The SMILES string of the molecule is NCCOCCOCCOCCOCCC(=O)NCCC[C@H]1C(=O)N[C@@H](CCCN=C(N)N)C(=O)NCC(=O)NC(CC(O)=[OH+])C(=O)NC(Cc2ccccc2)c2cn1nn2. The summed E-state index contributed by atoms with van der Waals surface area (Å²) in [5.41, 5.74) is 17.3. The molecule has 2 aromatic rings. The van der Waals surface area contributed by atoms with Crippen molar-refractivity contribution in [2.45, 2.75) is 69.1 Å². The third-order valence-corrected chi connectivity index (χ3v) is 8.97. The van der Waals surface area contributed by atoms with Crippen molar-refractivity contribution in [2.75, 3.05) is 79.0 Å². The highest BCUT2D eigenvalue weighted by Crippen LogP contribution is 2.21. The molecule has 1 aromatic carbocycles. The predicted molar refractivity (Wildman–Crippen MR) is 220 cm³/mol. The number of ether oxygens (including phenoxy) is 4. The fourth-order valence-electron chi connectivity index (χ4n) is 5.93. The van der Waals surface area contributed by atoms with E-state index >= 15 is 0 Å². The summed E-state index contributed by atoms with van der Waals surface area (Å²) < 4.78 is 22.9. The molecule has 3 rings (SSSR count). The van der Waals surface area contributed by atoms with Gasteiger partial charge in [0.1, 0.15) is 30.2 Å². The fourth-order valence-corrected chi connectivity index (χ4v) is 5.93. The molecule has 0 fully saturated rings. The molecule has 5 amide bonds. The fraction of sp³-hybridized carbons (Fsp3) is 0.605. The number of hydrogen-bond acceptors (Lipinski definition) is 13. The molecule has 2 heterocycles. The predicted octanol–water partition coefficient (Wildman–Crippen LogP) is -2.87. The molecule has 0 saturated carbocycles. The normalized spacial score (nSPS) is 18.6. The number of nitrogens with one attached hydrogen (secondary N) is 5. The largest absolute Gasteiger partial charge is 0.483 e. The van der Waals surface area contributed by atoms with Gasteiger partial charge in [-0.05, 0) is 37.7 Å². The summed E-state index contributed by atoms with van der Waals surface area (Å²) in [6.45, 7) is 3.23. The van der Waals surface area contributed by atoms with E-state index in [1.54, 1.807) is 0 Å². The van der Waals surface area contributed by atoms with Gasteiger partial charge in [-0.2, -0.15) is 0 Å². The molecule has 23 nitrogen and oxygen atoms in total. The zero-order valence-electron chi connectivity index (χ0n) is 34.3. The van der Waals surface area contributed by atoms with E-state index in [0.717, 1.165) is 5.56 Å². The number of carboxylic acids is 1. The summed E-state index contributed by atoms with van der Waals surface area (Å²) >= 11 is 0. The Morgan fingerprint density at radius 3 is 2.16 bits per heavy atom. The van der Waals surface area contributed by atoms with Gasteiger partial charge in [-0.15, -0.1) is 5.10 Å². The average Bonchev–Trinajstić information content (AvgIpc) is 3.72. The van der Waals surface area contributed by atoms with Crippen LogP contribution in [-0.2, 0) is 49.3 Å². The Morgan fingerprint density at radius 1 is 0.852 bits per heavy atom. The molecule has 23 heteroatoms. The monoisotopic (exact) mass is 861 g/mol. The highest BCUT2D eigenvalue weighted by molar-refractivity contribution is 5.94. The lowest BCUT2D eigenvalue weighted by atomic mass is 10.0. The van der Waals surface area contributed by atoms with Crippen LogP contribution >= 0.6 is 0 Å². The Bertz CT molecular complexity index is 1690. The molecule has 0 aliphatic carbocycles. The van der Waals surface area contributed by atoms with Crippen LogP contribution in [0.25, 0.3) is 0 Å². The van der Waals surface area contributed by atoms with Crippen molar-refractivity contribution in [2.24, 2.45) is 22.2 Å². The number of benzene rings is 1. The lowest BCUT2D eigenvalue weighted by Gasteiger charge is -2.24. The molecule has 13 N–H and O–H groups in total. The number of nitrogens with two attached hydrogens (primary N) is 3. The maximum Gasteiger partial charge on any atom is 0.483 e. The number of rotatable bonds is 26. The molecule has 0 spiro atoms. The van der Waals surface area contributed by atoms with Crippen molar-refractivity contribution in [1.82, 2.24) is 41.6 Å². The topological polar surface area (TPSA) is 345 Å². The highest BCUT2D eigenvalue weighted by atomic mass is 16.6. The minimum absolute atomic E-state index is 0.0767. The van der Waals surface area contributed by atoms with Crippen LogP contribution in [0.3, 0.4) is 0 Å². The molecule has 338 valence electrons. The first-order valence-corrected chi connectivity index (χ1v) is 20.2. The Balaban J connectivity index is 1.70. The van der Waals surface area contributed by atoms with Crippen molar-refractivity contribution < 1.29 is 52.8 Å². The van der Waals surface area contributed by atoms with Gasteiger partial charge >= 0.3 is 5.97 Å².